The zero-order chi connectivity index (χ0) is 84.6. The molecule has 0 aliphatic rings. The fraction of sp³-hybridized carbons (Fsp3) is 0.146. The number of amides is 5. The molecule has 16 aromatic rings. The van der Waals surface area contributed by atoms with Crippen molar-refractivity contribution in [3.8, 4) is 56.9 Å². The van der Waals surface area contributed by atoms with Crippen molar-refractivity contribution in [3.05, 3.63) is 274 Å². The molecule has 5 amide bonds. The molecule has 32 heteroatoms. The minimum absolute atomic E-state index is 0.0526. The SMILES string of the molecule is CCOC(=O)N(c1ccc2nc(-c3cccc(Cl)c3Cl)[nH]c2c1)C(CCC(=O)N(CC(C)CC(=O)N(c1ccc2nc(-c3c(Cl)cccc3Cl)[nH]c2c1)C(C(=O)Nc1ccc2nc(-c3c(Cl)cccc3Cl)[nH]c2c1)c1ccccc1)C(OCC)C(=O)Nc1ccc2nc(-c3c(Cl)cccc3Cl)[nH]c2c1)c1ccc2nc(-c3c(Cl)cccc3Cl)[nH]c2c1. The third-order valence-electron chi connectivity index (χ3n) is 20.4. The first-order chi connectivity index (χ1) is 58.4. The summed E-state index contributed by atoms with van der Waals surface area (Å²) in [5, 5.41) is 9.51. The fourth-order valence-corrected chi connectivity index (χ4v) is 17.5. The van der Waals surface area contributed by atoms with Gasteiger partial charge in [0.2, 0.25) is 18.0 Å². The number of carbonyl (C=O) groups is 5. The number of aromatic amines is 5. The van der Waals surface area contributed by atoms with Gasteiger partial charge in [-0.05, 0) is 183 Å². The van der Waals surface area contributed by atoms with Gasteiger partial charge in [-0.2, -0.15) is 0 Å². The molecule has 16 rings (SSSR count). The third-order valence-corrected chi connectivity index (χ3v) is 23.7. The zero-order valence-electron chi connectivity index (χ0n) is 64.0. The fourth-order valence-electron chi connectivity index (χ4n) is 14.8. The number of H-pyrrole nitrogens is 5. The van der Waals surface area contributed by atoms with E-state index in [-0.39, 0.29) is 49.0 Å². The van der Waals surface area contributed by atoms with Crippen LogP contribution in [0, 0.1) is 5.92 Å². The number of carbonyl (C=O) groups excluding carboxylic acids is 5. The van der Waals surface area contributed by atoms with E-state index in [9.17, 15) is 0 Å². The van der Waals surface area contributed by atoms with E-state index >= 15 is 24.0 Å². The van der Waals surface area contributed by atoms with Crippen molar-refractivity contribution in [2.75, 3.05) is 40.2 Å². The first kappa shape index (κ1) is 83.4. The van der Waals surface area contributed by atoms with E-state index in [1.807, 2.05) is 6.07 Å². The second-order valence-electron chi connectivity index (χ2n) is 28.4. The highest BCUT2D eigenvalue weighted by atomic mass is 35.5. The number of benzene rings is 11. The molecule has 121 heavy (non-hydrogen) atoms. The van der Waals surface area contributed by atoms with Crippen LogP contribution < -0.4 is 20.4 Å². The maximum Gasteiger partial charge on any atom is 0.414 e. The summed E-state index contributed by atoms with van der Waals surface area (Å²) in [4.78, 5) is 124. The molecule has 0 aliphatic heterocycles. The van der Waals surface area contributed by atoms with Gasteiger partial charge < -0.3 is 49.9 Å². The molecule has 0 radical (unpaired) electrons. The lowest BCUT2D eigenvalue weighted by Gasteiger charge is -2.35. The number of hydrogen-bond donors (Lipinski definition) is 7. The highest BCUT2D eigenvalue weighted by Crippen LogP contribution is 2.44. The summed E-state index contributed by atoms with van der Waals surface area (Å²) in [7, 11) is 0. The van der Waals surface area contributed by atoms with Crippen LogP contribution in [0.2, 0.25) is 50.2 Å². The van der Waals surface area contributed by atoms with Crippen LogP contribution in [0.3, 0.4) is 0 Å². The van der Waals surface area contributed by atoms with E-state index in [0.29, 0.717) is 180 Å². The molecule has 0 fully saturated rings. The largest absolute Gasteiger partial charge is 0.449 e. The van der Waals surface area contributed by atoms with E-state index in [1.165, 1.54) is 14.7 Å². The summed E-state index contributed by atoms with van der Waals surface area (Å²) in [6, 6.07) is 57.7. The number of anilines is 4. The van der Waals surface area contributed by atoms with Crippen LogP contribution in [-0.2, 0) is 28.7 Å². The van der Waals surface area contributed by atoms with Gasteiger partial charge in [-0.1, -0.05) is 190 Å². The lowest BCUT2D eigenvalue weighted by Crippen LogP contribution is -2.51. The Morgan fingerprint density at radius 2 is 0.810 bits per heavy atom. The first-order valence-electron chi connectivity index (χ1n) is 38.0. The molecule has 610 valence electrons. The van der Waals surface area contributed by atoms with Crippen molar-refractivity contribution in [2.45, 2.75) is 58.3 Å². The van der Waals surface area contributed by atoms with E-state index in [0.717, 1.165) is 0 Å². The molecule has 0 spiro atoms. The Kier molecular flexibility index (Phi) is 24.7. The maximum absolute atomic E-state index is 16.4. The molecule has 5 heterocycles. The number of nitrogens with one attached hydrogen (secondary N) is 7. The molecule has 4 unspecified atom stereocenters. The van der Waals surface area contributed by atoms with Gasteiger partial charge in [-0.25, -0.2) is 29.7 Å². The summed E-state index contributed by atoms with van der Waals surface area (Å²) in [5.74, 6) is -1.64. The Morgan fingerprint density at radius 3 is 1.28 bits per heavy atom. The second-order valence-corrected chi connectivity index (χ2v) is 32.4. The highest BCUT2D eigenvalue weighted by molar-refractivity contribution is 6.44. The lowest BCUT2D eigenvalue weighted by atomic mass is 9.97. The smallest absolute Gasteiger partial charge is 0.414 e. The Labute approximate surface area is 741 Å². The average Bonchev–Trinajstić information content (AvgIpc) is 1.50. The summed E-state index contributed by atoms with van der Waals surface area (Å²) in [6.07, 6.45) is -3.43. The van der Waals surface area contributed by atoms with Crippen LogP contribution in [0.15, 0.2) is 212 Å². The van der Waals surface area contributed by atoms with Crippen molar-refractivity contribution in [1.82, 2.24) is 54.7 Å². The zero-order valence-corrected chi connectivity index (χ0v) is 71.5. The highest BCUT2D eigenvalue weighted by Gasteiger charge is 2.39. The molecule has 7 N–H and O–H groups in total. The van der Waals surface area contributed by atoms with Crippen LogP contribution in [0.4, 0.5) is 27.5 Å². The molecule has 5 aromatic heterocycles. The van der Waals surface area contributed by atoms with E-state index in [2.05, 4.69) is 35.6 Å². The number of hydrogen-bond acceptors (Lipinski definition) is 12. The van der Waals surface area contributed by atoms with E-state index in [1.54, 1.807) is 227 Å². The summed E-state index contributed by atoms with van der Waals surface area (Å²) in [5.41, 5.74) is 9.58. The Morgan fingerprint density at radius 1 is 0.405 bits per heavy atom. The number of nitrogens with zero attached hydrogens (tertiary/aromatic N) is 8. The molecule has 22 nitrogen and oxygen atoms in total. The quantitative estimate of drug-likeness (QED) is 0.0249. The summed E-state index contributed by atoms with van der Waals surface area (Å²) < 4.78 is 12.4. The summed E-state index contributed by atoms with van der Waals surface area (Å²) in [6.45, 7) is 4.62. The first-order valence-corrected chi connectivity index (χ1v) is 41.8. The minimum Gasteiger partial charge on any atom is -0.449 e. The Hall–Kier alpha value is -11.2. The molecule has 11 aromatic carbocycles. The van der Waals surface area contributed by atoms with Gasteiger partial charge >= 0.3 is 6.09 Å². The van der Waals surface area contributed by atoms with Crippen molar-refractivity contribution in [3.63, 3.8) is 0 Å². The average molecular weight is 1810 g/mol. The van der Waals surface area contributed by atoms with Crippen LogP contribution in [0.5, 0.6) is 0 Å². The van der Waals surface area contributed by atoms with Crippen molar-refractivity contribution < 1.29 is 33.4 Å². The lowest BCUT2D eigenvalue weighted by molar-refractivity contribution is -0.157. The van der Waals surface area contributed by atoms with Gasteiger partial charge in [-0.15, -0.1) is 0 Å². The van der Waals surface area contributed by atoms with Crippen molar-refractivity contribution in [1.29, 1.82) is 0 Å². The molecular weight excluding hydrogens is 1750 g/mol. The number of imidazole rings is 5. The second kappa shape index (κ2) is 35.8. The molecule has 4 atom stereocenters. The van der Waals surface area contributed by atoms with Crippen molar-refractivity contribution in [2.24, 2.45) is 5.92 Å². The van der Waals surface area contributed by atoms with Gasteiger partial charge in [-0.3, -0.25) is 29.0 Å². The van der Waals surface area contributed by atoms with Crippen LogP contribution in [-0.4, -0.2) is 110 Å². The number of ether oxygens (including phenoxy) is 2. The number of aromatic nitrogens is 10. The predicted molar refractivity (Wildman–Crippen MR) is 484 cm³/mol. The van der Waals surface area contributed by atoms with Crippen molar-refractivity contribution >= 4 is 224 Å². The number of halogens is 10. The number of rotatable bonds is 26. The normalized spacial score (nSPS) is 12.6. The van der Waals surface area contributed by atoms with Gasteiger partial charge in [0.25, 0.3) is 11.8 Å². The van der Waals surface area contributed by atoms with Gasteiger partial charge in [0.15, 0.2) is 0 Å². The standard InChI is InChI=1S/C89H67Cl10N15O7/c1-4-120-88(87(118)101-49-28-33-64-69(41-49)110-84(105-64)77-57(94)21-12-22-58(77)95)112(73(115)37-36-72(47-26-31-62-67(39-47)108-82(103-62)75-53(90)17-10-18-54(75)91)113(89(119)121-5-2)50-29-34-65-70(42-50)107-81(102-65)52-16-9-25-61(98)79(52)99)44-45(3)38-74(116)114(51-30-35-66-71(43-51)111-85(106-66)78-59(96)23-13-24-60(78)97)80(46-14-7-6-8-15-46)86(117)100-48-27-32-63-68(40-48)109-83(104-63)76-55(92)19-11-20-56(76)93/h6-35,39-43,45,72,80,88H,4-5,36-38,44H2,1-3H3,(H,100,117)(H,101,118)(H,102,107)(H,103,108)(H,104,109)(H,105,110)(H,106,111). The Balaban J connectivity index is 0.788. The van der Waals surface area contributed by atoms with Gasteiger partial charge in [0.1, 0.15) is 35.2 Å². The van der Waals surface area contributed by atoms with E-state index < -0.39 is 60.4 Å². The van der Waals surface area contributed by atoms with Crippen LogP contribution >= 0.6 is 116 Å². The van der Waals surface area contributed by atoms with Crippen LogP contribution in [0.25, 0.3) is 112 Å². The molecular formula is C89H67Cl10N15O7. The minimum atomic E-state index is -1.71. The van der Waals surface area contributed by atoms with E-state index in [4.69, 9.17) is 150 Å². The topological polar surface area (TPSA) is 281 Å². The summed E-state index contributed by atoms with van der Waals surface area (Å²) >= 11 is 67.0. The van der Waals surface area contributed by atoms with Gasteiger partial charge in [0.05, 0.1) is 140 Å². The van der Waals surface area contributed by atoms with Gasteiger partial charge in [0, 0.05) is 54.3 Å². The maximum atomic E-state index is 16.4. The monoisotopic (exact) mass is 1810 g/mol. The molecule has 0 bridgehead atoms. The third kappa shape index (κ3) is 17.4. The predicted octanol–water partition coefficient (Wildman–Crippen LogP) is 24.7. The molecule has 0 saturated carbocycles. The molecule has 0 aliphatic carbocycles. The Bertz CT molecular complexity index is 6650. The molecule has 0 saturated heterocycles. The van der Waals surface area contributed by atoms with Crippen LogP contribution in [0.1, 0.15) is 63.2 Å². The number of fused-ring (bicyclic) bond motifs is 5.